The normalized spacial score (nSPS) is 50.6. The first-order chi connectivity index (χ1) is 14.1. The monoisotopic (exact) mass is 433 g/mol. The fourth-order valence-electron chi connectivity index (χ4n) is 4.76. The number of nitrogens with zero attached hydrogens (tertiary/aromatic N) is 1. The highest BCUT2D eigenvalue weighted by Crippen LogP contribution is 2.32. The predicted molar refractivity (Wildman–Crippen MR) is 108 cm³/mol. The second-order valence-electron chi connectivity index (χ2n) is 9.26. The molecule has 0 aromatic rings. The smallest absolute Gasteiger partial charge is 0.161 e. The maximum absolute atomic E-state index is 10.7. The lowest BCUT2D eigenvalue weighted by Gasteiger charge is -2.46. The summed E-state index contributed by atoms with van der Waals surface area (Å²) in [4.78, 5) is 2.15. The topological polar surface area (TPSA) is 110 Å². The summed E-state index contributed by atoms with van der Waals surface area (Å²) in [5, 5.41) is 30.5. The van der Waals surface area contributed by atoms with Crippen LogP contribution in [0.4, 0.5) is 0 Å². The molecule has 3 rings (SSSR count). The van der Waals surface area contributed by atoms with E-state index in [1.54, 1.807) is 6.92 Å². The molecule has 3 N–H and O–H groups in total. The molecule has 3 aliphatic rings. The van der Waals surface area contributed by atoms with Crippen LogP contribution >= 0.6 is 0 Å². The van der Waals surface area contributed by atoms with Crippen LogP contribution in [0, 0.1) is 0 Å². The number of rotatable bonds is 5. The molecule has 3 fully saturated rings. The molecule has 3 saturated heterocycles. The number of hydrogen-bond acceptors (Lipinski definition) is 9. The summed E-state index contributed by atoms with van der Waals surface area (Å²) in [5.41, 5.74) is 0. The van der Waals surface area contributed by atoms with E-state index in [2.05, 4.69) is 11.8 Å². The van der Waals surface area contributed by atoms with Gasteiger partial charge in [-0.05, 0) is 48.2 Å². The fraction of sp³-hybridized carbons (Fsp3) is 1.00. The Morgan fingerprint density at radius 2 is 1.23 bits per heavy atom. The Balaban J connectivity index is 1.58. The molecule has 0 radical (unpaired) electrons. The molecule has 0 bridgehead atoms. The van der Waals surface area contributed by atoms with Crippen molar-refractivity contribution in [3.8, 4) is 0 Å². The minimum atomic E-state index is -0.945. The van der Waals surface area contributed by atoms with Gasteiger partial charge in [-0.3, -0.25) is 0 Å². The lowest BCUT2D eigenvalue weighted by Crippen LogP contribution is -2.57. The van der Waals surface area contributed by atoms with Crippen LogP contribution in [0.5, 0.6) is 0 Å². The molecule has 9 nitrogen and oxygen atoms in total. The molecular formula is C21H39NO8. The SMILES string of the molecule is CC1CC(N(C)C)C(OC2CC(O)C(OC3CC(O)C(O)C(C)O3)C(C)O2)C(C)O1. The van der Waals surface area contributed by atoms with Crippen molar-refractivity contribution in [1.82, 2.24) is 4.90 Å². The van der Waals surface area contributed by atoms with Gasteiger partial charge >= 0.3 is 0 Å². The highest BCUT2D eigenvalue weighted by Gasteiger charge is 2.44. The van der Waals surface area contributed by atoms with Crippen molar-refractivity contribution in [3.05, 3.63) is 0 Å². The fourth-order valence-corrected chi connectivity index (χ4v) is 4.76. The Bertz CT molecular complexity index is 527. The molecule has 0 amide bonds. The Labute approximate surface area is 179 Å². The number of hydrogen-bond donors (Lipinski definition) is 3. The lowest BCUT2D eigenvalue weighted by atomic mass is 9.95. The van der Waals surface area contributed by atoms with Crippen molar-refractivity contribution >= 4 is 0 Å². The average molecular weight is 434 g/mol. The first-order valence-electron chi connectivity index (χ1n) is 11.0. The second kappa shape index (κ2) is 10.1. The van der Waals surface area contributed by atoms with Crippen molar-refractivity contribution in [3.63, 3.8) is 0 Å². The largest absolute Gasteiger partial charge is 0.390 e. The van der Waals surface area contributed by atoms with Gasteiger partial charge in [-0.25, -0.2) is 0 Å². The second-order valence-corrected chi connectivity index (χ2v) is 9.26. The van der Waals surface area contributed by atoms with Crippen molar-refractivity contribution in [2.24, 2.45) is 0 Å². The predicted octanol–water partition coefficient (Wildman–Crippen LogP) is 0.237. The average Bonchev–Trinajstić information content (AvgIpc) is 2.64. The van der Waals surface area contributed by atoms with Gasteiger partial charge in [0, 0.05) is 18.9 Å². The third-order valence-corrected chi connectivity index (χ3v) is 6.46. The van der Waals surface area contributed by atoms with Crippen LogP contribution in [-0.2, 0) is 23.7 Å². The van der Waals surface area contributed by atoms with Gasteiger partial charge in [-0.2, -0.15) is 0 Å². The molecule has 9 heteroatoms. The van der Waals surface area contributed by atoms with Crippen LogP contribution in [0.25, 0.3) is 0 Å². The van der Waals surface area contributed by atoms with E-state index in [1.165, 1.54) is 0 Å². The van der Waals surface area contributed by atoms with Gasteiger partial charge in [-0.1, -0.05) is 0 Å². The molecule has 0 aromatic carbocycles. The number of likely N-dealkylation sites (N-methyl/N-ethyl adjacent to an activating group) is 1. The summed E-state index contributed by atoms with van der Waals surface area (Å²) in [7, 11) is 4.07. The molecule has 176 valence electrons. The van der Waals surface area contributed by atoms with E-state index >= 15 is 0 Å². The summed E-state index contributed by atoms with van der Waals surface area (Å²) < 4.78 is 29.8. The molecule has 0 saturated carbocycles. The third-order valence-electron chi connectivity index (χ3n) is 6.46. The maximum Gasteiger partial charge on any atom is 0.161 e. The molecule has 3 heterocycles. The van der Waals surface area contributed by atoms with Crippen LogP contribution in [-0.4, -0.2) is 108 Å². The van der Waals surface area contributed by atoms with Gasteiger partial charge in [0.15, 0.2) is 12.6 Å². The molecule has 12 unspecified atom stereocenters. The van der Waals surface area contributed by atoms with Crippen LogP contribution < -0.4 is 0 Å². The number of aliphatic hydroxyl groups is 3. The molecule has 3 aliphatic heterocycles. The first kappa shape index (κ1) is 24.3. The van der Waals surface area contributed by atoms with Crippen molar-refractivity contribution in [2.45, 2.75) is 121 Å². The lowest BCUT2D eigenvalue weighted by molar-refractivity contribution is -0.324. The molecule has 0 aromatic heterocycles. The van der Waals surface area contributed by atoms with Crippen LogP contribution in [0.3, 0.4) is 0 Å². The van der Waals surface area contributed by atoms with E-state index in [0.29, 0.717) is 0 Å². The van der Waals surface area contributed by atoms with Crippen molar-refractivity contribution in [1.29, 1.82) is 0 Å². The molecule has 12 atom stereocenters. The Kier molecular flexibility index (Phi) is 8.14. The van der Waals surface area contributed by atoms with Gasteiger partial charge in [0.25, 0.3) is 0 Å². The van der Waals surface area contributed by atoms with Crippen molar-refractivity contribution in [2.75, 3.05) is 14.1 Å². The summed E-state index contributed by atoms with van der Waals surface area (Å²) in [6.07, 6.45) is -4.39. The molecule has 0 aliphatic carbocycles. The van der Waals surface area contributed by atoms with Crippen LogP contribution in [0.2, 0.25) is 0 Å². The molecule has 30 heavy (non-hydrogen) atoms. The Morgan fingerprint density at radius 3 is 1.80 bits per heavy atom. The van der Waals surface area contributed by atoms with E-state index in [4.69, 9.17) is 23.7 Å². The number of aliphatic hydroxyl groups excluding tert-OH is 3. The number of ether oxygens (including phenoxy) is 5. The Morgan fingerprint density at radius 1 is 0.700 bits per heavy atom. The zero-order valence-corrected chi connectivity index (χ0v) is 18.9. The van der Waals surface area contributed by atoms with Gasteiger partial charge in [0.05, 0.1) is 36.6 Å². The van der Waals surface area contributed by atoms with Gasteiger partial charge in [0.1, 0.15) is 18.3 Å². The summed E-state index contributed by atoms with van der Waals surface area (Å²) in [6, 6.07) is 0.193. The minimum absolute atomic E-state index is 0.0868. The van der Waals surface area contributed by atoms with Gasteiger partial charge in [0.2, 0.25) is 0 Å². The highest BCUT2D eigenvalue weighted by atomic mass is 16.7. The zero-order chi connectivity index (χ0) is 22.2. The van der Waals surface area contributed by atoms with Crippen molar-refractivity contribution < 1.29 is 39.0 Å². The van der Waals surface area contributed by atoms with E-state index in [1.807, 2.05) is 27.9 Å². The first-order valence-corrected chi connectivity index (χ1v) is 11.0. The molecule has 0 spiro atoms. The van der Waals surface area contributed by atoms with E-state index in [0.717, 1.165) is 6.42 Å². The highest BCUT2D eigenvalue weighted by molar-refractivity contribution is 4.90. The summed E-state index contributed by atoms with van der Waals surface area (Å²) >= 11 is 0. The standard InChI is InChI=1S/C21H39NO8/c1-10-7-14(22(5)6)20(12(3)26-10)29-18-9-16(24)21(13(4)28-18)30-17-8-15(23)19(25)11(2)27-17/h10-21,23-25H,7-9H2,1-6H3. The van der Waals surface area contributed by atoms with Crippen LogP contribution in [0.1, 0.15) is 47.0 Å². The molecular weight excluding hydrogens is 394 g/mol. The van der Waals surface area contributed by atoms with Crippen LogP contribution in [0.15, 0.2) is 0 Å². The minimum Gasteiger partial charge on any atom is -0.390 e. The van der Waals surface area contributed by atoms with E-state index in [9.17, 15) is 15.3 Å². The van der Waals surface area contributed by atoms with Gasteiger partial charge < -0.3 is 43.9 Å². The quantitative estimate of drug-likeness (QED) is 0.561. The third kappa shape index (κ3) is 5.51. The maximum atomic E-state index is 10.7. The van der Waals surface area contributed by atoms with Gasteiger partial charge in [-0.15, -0.1) is 0 Å². The summed E-state index contributed by atoms with van der Waals surface area (Å²) in [5.74, 6) is 0. The zero-order valence-electron chi connectivity index (χ0n) is 18.9. The Hall–Kier alpha value is -0.360. The van der Waals surface area contributed by atoms with E-state index in [-0.39, 0.29) is 37.2 Å². The van der Waals surface area contributed by atoms with E-state index < -0.39 is 49.2 Å². The summed E-state index contributed by atoms with van der Waals surface area (Å²) in [6.45, 7) is 7.58.